The third-order valence-electron chi connectivity index (χ3n) is 3.59. The van der Waals surface area contributed by atoms with Gasteiger partial charge in [-0.05, 0) is 18.2 Å². The zero-order valence-electron chi connectivity index (χ0n) is 13.9. The summed E-state index contributed by atoms with van der Waals surface area (Å²) in [6.45, 7) is -2.80. The number of benzene rings is 1. The minimum atomic E-state index is -7.64. The van der Waals surface area contributed by atoms with E-state index in [2.05, 4.69) is 4.74 Å². The van der Waals surface area contributed by atoms with Gasteiger partial charge in [-0.1, -0.05) is 0 Å². The molecule has 166 valence electrons. The van der Waals surface area contributed by atoms with Crippen molar-refractivity contribution in [1.29, 1.82) is 10.5 Å². The van der Waals surface area contributed by atoms with E-state index < -0.39 is 54.0 Å². The first-order valence-electron chi connectivity index (χ1n) is 7.15. The van der Waals surface area contributed by atoms with Crippen molar-refractivity contribution < 1.29 is 57.4 Å². The van der Waals surface area contributed by atoms with E-state index in [4.69, 9.17) is 10.5 Å². The standard InChI is InChI=1S/C15H6F12N2O/c16-10(17)12(20,21)14(24,25)15(26,27)13(22,23)11(18,19)6-30-9-2-1-7(4-28)8(3-9)5-29/h1-3,10H,6H2. The molecule has 0 saturated heterocycles. The van der Waals surface area contributed by atoms with Crippen LogP contribution in [0.5, 0.6) is 5.75 Å². The molecule has 1 aromatic rings. The van der Waals surface area contributed by atoms with Crippen LogP contribution in [0.25, 0.3) is 0 Å². The maximum absolute atomic E-state index is 13.6. The third kappa shape index (κ3) is 3.80. The number of alkyl halides is 12. The molecule has 0 N–H and O–H groups in total. The molecular weight excluding hydrogens is 452 g/mol. The lowest BCUT2D eigenvalue weighted by Crippen LogP contribution is -2.69. The molecule has 0 atom stereocenters. The number of hydrogen-bond acceptors (Lipinski definition) is 3. The lowest BCUT2D eigenvalue weighted by molar-refractivity contribution is -0.414. The van der Waals surface area contributed by atoms with Gasteiger partial charge in [0.25, 0.3) is 0 Å². The van der Waals surface area contributed by atoms with Crippen LogP contribution in [-0.2, 0) is 0 Å². The molecule has 0 unspecified atom stereocenters. The largest absolute Gasteiger partial charge is 0.487 e. The van der Waals surface area contributed by atoms with E-state index in [1.807, 2.05) is 0 Å². The minimum Gasteiger partial charge on any atom is -0.487 e. The predicted octanol–water partition coefficient (Wildman–Crippen LogP) is 5.25. The highest BCUT2D eigenvalue weighted by Crippen LogP contribution is 2.58. The van der Waals surface area contributed by atoms with Crippen molar-refractivity contribution in [1.82, 2.24) is 0 Å². The highest BCUT2D eigenvalue weighted by Gasteiger charge is 2.87. The Labute approximate surface area is 159 Å². The van der Waals surface area contributed by atoms with E-state index in [1.54, 1.807) is 0 Å². The number of hydrogen-bond donors (Lipinski definition) is 0. The van der Waals surface area contributed by atoms with Crippen LogP contribution in [0, 0.1) is 22.7 Å². The summed E-state index contributed by atoms with van der Waals surface area (Å²) in [5.74, 6) is -36.7. The first-order valence-corrected chi connectivity index (χ1v) is 7.15. The van der Waals surface area contributed by atoms with Crippen molar-refractivity contribution >= 4 is 0 Å². The van der Waals surface area contributed by atoms with Gasteiger partial charge in [0.2, 0.25) is 0 Å². The molecule has 15 heteroatoms. The quantitative estimate of drug-likeness (QED) is 0.501. The van der Waals surface area contributed by atoms with Crippen molar-refractivity contribution in [2.45, 2.75) is 36.0 Å². The lowest BCUT2D eigenvalue weighted by Gasteiger charge is -2.39. The molecule has 3 nitrogen and oxygen atoms in total. The molecule has 0 saturated carbocycles. The van der Waals surface area contributed by atoms with Gasteiger partial charge in [-0.25, -0.2) is 8.78 Å². The minimum absolute atomic E-state index is 0.331. The number of halogens is 12. The van der Waals surface area contributed by atoms with Gasteiger partial charge in [-0.3, -0.25) is 0 Å². The number of nitriles is 2. The number of rotatable bonds is 8. The van der Waals surface area contributed by atoms with Gasteiger partial charge < -0.3 is 4.74 Å². The Bertz CT molecular complexity index is 869. The van der Waals surface area contributed by atoms with Gasteiger partial charge in [0.1, 0.15) is 17.9 Å². The second kappa shape index (κ2) is 7.77. The molecule has 1 aromatic carbocycles. The molecule has 0 radical (unpaired) electrons. The van der Waals surface area contributed by atoms with Gasteiger partial charge in [-0.2, -0.15) is 54.4 Å². The van der Waals surface area contributed by atoms with Gasteiger partial charge in [-0.15, -0.1) is 0 Å². The highest BCUT2D eigenvalue weighted by atomic mass is 19.4. The van der Waals surface area contributed by atoms with E-state index >= 15 is 0 Å². The van der Waals surface area contributed by atoms with E-state index in [0.29, 0.717) is 12.1 Å². The van der Waals surface area contributed by atoms with Gasteiger partial charge >= 0.3 is 36.0 Å². The van der Waals surface area contributed by atoms with Crippen molar-refractivity contribution in [2.24, 2.45) is 0 Å². The molecule has 0 heterocycles. The smallest absolute Gasteiger partial charge is 0.384 e. The van der Waals surface area contributed by atoms with Crippen LogP contribution in [0.2, 0.25) is 0 Å². The Hall–Kier alpha value is -2.84. The summed E-state index contributed by atoms with van der Waals surface area (Å²) in [6.07, 6.45) is -5.58. The third-order valence-corrected chi connectivity index (χ3v) is 3.59. The first kappa shape index (κ1) is 25.2. The summed E-state index contributed by atoms with van der Waals surface area (Å²) in [5.41, 5.74) is -0.860. The number of ether oxygens (including phenoxy) is 1. The van der Waals surface area contributed by atoms with Crippen LogP contribution in [0.15, 0.2) is 18.2 Å². The van der Waals surface area contributed by atoms with Crippen LogP contribution in [-0.4, -0.2) is 42.6 Å². The molecule has 0 amide bonds. The Morgan fingerprint density at radius 1 is 0.767 bits per heavy atom. The molecular formula is C15H6F12N2O. The van der Waals surface area contributed by atoms with Crippen LogP contribution in [0.4, 0.5) is 52.7 Å². The van der Waals surface area contributed by atoms with Crippen LogP contribution >= 0.6 is 0 Å². The SMILES string of the molecule is N#Cc1ccc(OCC(F)(F)C(F)(F)C(F)(F)C(F)(F)C(F)(F)C(F)F)cc1C#N. The second-order valence-corrected chi connectivity index (χ2v) is 5.57. The van der Waals surface area contributed by atoms with E-state index in [9.17, 15) is 52.7 Å². The molecule has 0 aromatic heterocycles. The molecule has 1 rings (SSSR count). The fourth-order valence-corrected chi connectivity index (χ4v) is 1.84. The Morgan fingerprint density at radius 3 is 1.70 bits per heavy atom. The summed E-state index contributed by atoms with van der Waals surface area (Å²) < 4.78 is 160. The Kier molecular flexibility index (Phi) is 6.53. The molecule has 0 aliphatic rings. The fraction of sp³-hybridized carbons (Fsp3) is 0.467. The van der Waals surface area contributed by atoms with Crippen molar-refractivity contribution in [3.8, 4) is 17.9 Å². The van der Waals surface area contributed by atoms with E-state index in [-0.39, 0.29) is 5.56 Å². The normalized spacial score (nSPS) is 13.7. The summed E-state index contributed by atoms with van der Waals surface area (Å²) in [5, 5.41) is 17.4. The van der Waals surface area contributed by atoms with E-state index in [0.717, 1.165) is 6.07 Å². The van der Waals surface area contributed by atoms with Gasteiger partial charge in [0.15, 0.2) is 6.61 Å². The van der Waals surface area contributed by atoms with Crippen LogP contribution in [0.1, 0.15) is 11.1 Å². The highest BCUT2D eigenvalue weighted by molar-refractivity contribution is 5.49. The summed E-state index contributed by atoms with van der Waals surface area (Å²) in [7, 11) is 0. The average Bonchev–Trinajstić information content (AvgIpc) is 2.65. The lowest BCUT2D eigenvalue weighted by atomic mass is 9.94. The second-order valence-electron chi connectivity index (χ2n) is 5.57. The maximum atomic E-state index is 13.6. The zero-order chi connectivity index (χ0) is 23.8. The average molecular weight is 458 g/mol. The molecule has 0 fully saturated rings. The van der Waals surface area contributed by atoms with Crippen LogP contribution in [0.3, 0.4) is 0 Å². The fourth-order valence-electron chi connectivity index (χ4n) is 1.84. The molecule has 0 aliphatic heterocycles. The van der Waals surface area contributed by atoms with Crippen LogP contribution < -0.4 is 4.74 Å². The van der Waals surface area contributed by atoms with Crippen molar-refractivity contribution in [2.75, 3.05) is 6.61 Å². The Morgan fingerprint density at radius 2 is 1.27 bits per heavy atom. The molecule has 30 heavy (non-hydrogen) atoms. The molecule has 0 aliphatic carbocycles. The summed E-state index contributed by atoms with van der Waals surface area (Å²) >= 11 is 0. The Balaban J connectivity index is 3.24. The van der Waals surface area contributed by atoms with E-state index in [1.165, 1.54) is 12.1 Å². The monoisotopic (exact) mass is 458 g/mol. The van der Waals surface area contributed by atoms with Crippen molar-refractivity contribution in [3.05, 3.63) is 29.3 Å². The zero-order valence-corrected chi connectivity index (χ0v) is 13.9. The van der Waals surface area contributed by atoms with Gasteiger partial charge in [0, 0.05) is 0 Å². The topological polar surface area (TPSA) is 56.8 Å². The van der Waals surface area contributed by atoms with Crippen molar-refractivity contribution in [3.63, 3.8) is 0 Å². The van der Waals surface area contributed by atoms with Gasteiger partial charge in [0.05, 0.1) is 11.1 Å². The first-order chi connectivity index (χ1) is 13.4. The molecule has 0 bridgehead atoms. The molecule has 0 spiro atoms. The number of nitrogens with zero attached hydrogens (tertiary/aromatic N) is 2. The maximum Gasteiger partial charge on any atom is 0.384 e. The summed E-state index contributed by atoms with van der Waals surface area (Å²) in [6, 6.07) is 4.79. The predicted molar refractivity (Wildman–Crippen MR) is 72.1 cm³/mol. The summed E-state index contributed by atoms with van der Waals surface area (Å²) in [4.78, 5) is 0.